The summed E-state index contributed by atoms with van der Waals surface area (Å²) in [5.41, 5.74) is 0.590. The van der Waals surface area contributed by atoms with Gasteiger partial charge in [0.05, 0.1) is 5.56 Å². The molecule has 0 aliphatic heterocycles. The molecule has 0 heterocycles. The molecule has 0 aliphatic carbocycles. The van der Waals surface area contributed by atoms with E-state index in [0.717, 1.165) is 13.1 Å². The monoisotopic (exact) mass is 278 g/mol. The summed E-state index contributed by atoms with van der Waals surface area (Å²) in [6.07, 6.45) is 0. The molecule has 5 heteroatoms. The first-order valence-electron chi connectivity index (χ1n) is 6.44. The Labute approximate surface area is 118 Å². The summed E-state index contributed by atoms with van der Waals surface area (Å²) in [5.74, 6) is 4.25. The van der Waals surface area contributed by atoms with Gasteiger partial charge in [0.25, 0.3) is 5.91 Å². The van der Waals surface area contributed by atoms with Gasteiger partial charge < -0.3 is 15.3 Å². The number of benzene rings is 1. The first-order chi connectivity index (χ1) is 9.58. The summed E-state index contributed by atoms with van der Waals surface area (Å²) in [6.45, 7) is 3.84. The molecule has 1 aromatic carbocycles. The summed E-state index contributed by atoms with van der Waals surface area (Å²) < 4.78 is 13.2. The van der Waals surface area contributed by atoms with Gasteiger partial charge in [-0.3, -0.25) is 4.79 Å². The van der Waals surface area contributed by atoms with E-state index in [0.29, 0.717) is 12.1 Å². The van der Waals surface area contributed by atoms with Crippen LogP contribution in [0.25, 0.3) is 0 Å². The van der Waals surface area contributed by atoms with Crippen molar-refractivity contribution in [3.05, 3.63) is 35.1 Å². The topological polar surface area (TPSA) is 52.6 Å². The van der Waals surface area contributed by atoms with E-state index in [4.69, 9.17) is 5.11 Å². The highest BCUT2D eigenvalue weighted by molar-refractivity contribution is 5.96. The van der Waals surface area contributed by atoms with Crippen LogP contribution in [0.4, 0.5) is 4.39 Å². The fraction of sp³-hybridized carbons (Fsp3) is 0.400. The van der Waals surface area contributed by atoms with Crippen molar-refractivity contribution in [3.63, 3.8) is 0 Å². The zero-order valence-electron chi connectivity index (χ0n) is 11.7. The Bertz CT molecular complexity index is 520. The number of nitrogens with one attached hydrogen (secondary N) is 1. The second-order valence-corrected chi connectivity index (χ2v) is 4.30. The van der Waals surface area contributed by atoms with Crippen LogP contribution in [0.5, 0.6) is 0 Å². The Morgan fingerprint density at radius 2 is 2.25 bits per heavy atom. The maximum absolute atomic E-state index is 13.2. The van der Waals surface area contributed by atoms with Gasteiger partial charge in [0.15, 0.2) is 0 Å². The third-order valence-electron chi connectivity index (χ3n) is 2.85. The highest BCUT2D eigenvalue weighted by Crippen LogP contribution is 2.10. The molecular formula is C15H19FN2O2. The SMILES string of the molecule is CCN(C)CCNC(=O)c1ccc(F)cc1C#CCO. The van der Waals surface area contributed by atoms with Crippen molar-refractivity contribution in [3.8, 4) is 11.8 Å². The molecule has 1 amide bonds. The van der Waals surface area contributed by atoms with Gasteiger partial charge in [0.1, 0.15) is 12.4 Å². The quantitative estimate of drug-likeness (QED) is 0.785. The summed E-state index contributed by atoms with van der Waals surface area (Å²) in [7, 11) is 1.96. The van der Waals surface area contributed by atoms with Crippen molar-refractivity contribution in [1.82, 2.24) is 10.2 Å². The number of hydrogen-bond donors (Lipinski definition) is 2. The highest BCUT2D eigenvalue weighted by atomic mass is 19.1. The second-order valence-electron chi connectivity index (χ2n) is 4.30. The molecule has 1 rings (SSSR count). The molecule has 2 N–H and O–H groups in total. The fourth-order valence-corrected chi connectivity index (χ4v) is 1.57. The Balaban J connectivity index is 2.76. The van der Waals surface area contributed by atoms with Gasteiger partial charge in [-0.05, 0) is 31.8 Å². The Kier molecular flexibility index (Phi) is 6.71. The van der Waals surface area contributed by atoms with E-state index in [9.17, 15) is 9.18 Å². The molecule has 1 aromatic rings. The zero-order chi connectivity index (χ0) is 15.0. The van der Waals surface area contributed by atoms with Crippen molar-refractivity contribution >= 4 is 5.91 Å². The zero-order valence-corrected chi connectivity index (χ0v) is 11.7. The summed E-state index contributed by atoms with van der Waals surface area (Å²) >= 11 is 0. The first-order valence-corrected chi connectivity index (χ1v) is 6.44. The van der Waals surface area contributed by atoms with Crippen molar-refractivity contribution < 1.29 is 14.3 Å². The number of amides is 1. The Morgan fingerprint density at radius 3 is 2.90 bits per heavy atom. The minimum Gasteiger partial charge on any atom is -0.384 e. The molecule has 0 radical (unpaired) electrons. The molecular weight excluding hydrogens is 259 g/mol. The minimum absolute atomic E-state index is 0.278. The lowest BCUT2D eigenvalue weighted by Crippen LogP contribution is -2.33. The van der Waals surface area contributed by atoms with Gasteiger partial charge >= 0.3 is 0 Å². The molecule has 0 aliphatic rings. The largest absolute Gasteiger partial charge is 0.384 e. The van der Waals surface area contributed by atoms with E-state index in [1.54, 1.807) is 0 Å². The second kappa shape index (κ2) is 8.31. The smallest absolute Gasteiger partial charge is 0.252 e. The maximum atomic E-state index is 13.2. The molecule has 108 valence electrons. The summed E-state index contributed by atoms with van der Waals surface area (Å²) in [6, 6.07) is 3.81. The predicted molar refractivity (Wildman–Crippen MR) is 75.9 cm³/mol. The molecule has 0 unspecified atom stereocenters. The van der Waals surface area contributed by atoms with Crippen LogP contribution in [0, 0.1) is 17.7 Å². The van der Waals surface area contributed by atoms with Crippen molar-refractivity contribution in [1.29, 1.82) is 0 Å². The predicted octanol–water partition coefficient (Wildman–Crippen LogP) is 0.851. The molecule has 0 spiro atoms. The normalized spacial score (nSPS) is 10.1. The van der Waals surface area contributed by atoms with Crippen LogP contribution < -0.4 is 5.32 Å². The Hall–Kier alpha value is -1.90. The van der Waals surface area contributed by atoms with E-state index in [1.807, 2.05) is 14.0 Å². The first kappa shape index (κ1) is 16.2. The maximum Gasteiger partial charge on any atom is 0.252 e. The highest BCUT2D eigenvalue weighted by Gasteiger charge is 2.10. The minimum atomic E-state index is -0.463. The molecule has 4 nitrogen and oxygen atoms in total. The lowest BCUT2D eigenvalue weighted by Gasteiger charge is -2.14. The number of hydrogen-bond acceptors (Lipinski definition) is 3. The molecule has 0 saturated carbocycles. The lowest BCUT2D eigenvalue weighted by molar-refractivity contribution is 0.0950. The van der Waals surface area contributed by atoms with Crippen LogP contribution in [0.3, 0.4) is 0 Å². The number of aliphatic hydroxyl groups is 1. The van der Waals surface area contributed by atoms with E-state index < -0.39 is 5.82 Å². The van der Waals surface area contributed by atoms with Crippen LogP contribution in [-0.4, -0.2) is 49.2 Å². The van der Waals surface area contributed by atoms with E-state index >= 15 is 0 Å². The molecule has 0 atom stereocenters. The third-order valence-corrected chi connectivity index (χ3v) is 2.85. The van der Waals surface area contributed by atoms with Gasteiger partial charge in [0, 0.05) is 18.7 Å². The summed E-state index contributed by atoms with van der Waals surface area (Å²) in [4.78, 5) is 14.1. The molecule has 0 fully saturated rings. The van der Waals surface area contributed by atoms with E-state index in [1.165, 1.54) is 18.2 Å². The Morgan fingerprint density at radius 1 is 1.50 bits per heavy atom. The van der Waals surface area contributed by atoms with Crippen LogP contribution in [-0.2, 0) is 0 Å². The number of carbonyl (C=O) groups is 1. The molecule has 20 heavy (non-hydrogen) atoms. The number of nitrogens with zero attached hydrogens (tertiary/aromatic N) is 1. The lowest BCUT2D eigenvalue weighted by atomic mass is 10.1. The van der Waals surface area contributed by atoms with Gasteiger partial charge in [-0.1, -0.05) is 18.8 Å². The number of aliphatic hydroxyl groups excluding tert-OH is 1. The van der Waals surface area contributed by atoms with Gasteiger partial charge in [-0.2, -0.15) is 0 Å². The van der Waals surface area contributed by atoms with Crippen LogP contribution in [0.2, 0.25) is 0 Å². The van der Waals surface area contributed by atoms with Gasteiger partial charge in [-0.25, -0.2) is 4.39 Å². The molecule has 0 aromatic heterocycles. The number of carbonyl (C=O) groups excluding carboxylic acids is 1. The van der Waals surface area contributed by atoms with Crippen molar-refractivity contribution in [2.45, 2.75) is 6.92 Å². The molecule has 0 bridgehead atoms. The van der Waals surface area contributed by atoms with E-state index in [2.05, 4.69) is 22.1 Å². The summed E-state index contributed by atoms with van der Waals surface area (Å²) in [5, 5.41) is 11.4. The van der Waals surface area contributed by atoms with Crippen LogP contribution in [0.1, 0.15) is 22.8 Å². The van der Waals surface area contributed by atoms with Gasteiger partial charge in [-0.15, -0.1) is 0 Å². The van der Waals surface area contributed by atoms with Crippen LogP contribution >= 0.6 is 0 Å². The van der Waals surface area contributed by atoms with Crippen molar-refractivity contribution in [2.75, 3.05) is 33.3 Å². The third kappa shape index (κ3) is 5.00. The standard InChI is InChI=1S/C15H19FN2O2/c1-3-18(2)9-8-17-15(20)14-7-6-13(16)11-12(14)5-4-10-19/h6-7,11,19H,3,8-10H2,1-2H3,(H,17,20). The number of halogens is 1. The van der Waals surface area contributed by atoms with Crippen molar-refractivity contribution in [2.24, 2.45) is 0 Å². The average Bonchev–Trinajstić information content (AvgIpc) is 2.44. The van der Waals surface area contributed by atoms with Gasteiger partial charge in [0.2, 0.25) is 0 Å². The molecule has 0 saturated heterocycles. The number of likely N-dealkylation sites (N-methyl/N-ethyl adjacent to an activating group) is 1. The van der Waals surface area contributed by atoms with E-state index in [-0.39, 0.29) is 18.1 Å². The van der Waals surface area contributed by atoms with Crippen LogP contribution in [0.15, 0.2) is 18.2 Å². The fourth-order valence-electron chi connectivity index (χ4n) is 1.57. The number of rotatable bonds is 5. The average molecular weight is 278 g/mol.